The van der Waals surface area contributed by atoms with E-state index in [4.69, 9.17) is 19.2 Å². The lowest BCUT2D eigenvalue weighted by molar-refractivity contribution is -0.124. The standard InChI is InChI=1S/C22H27N3O4/c1-27-16-22(26)23-12-6-11-21-24-19-9-3-4-10-20(19)25(21)13-14-29-18-8-5-7-17(15-18)28-2/h3-5,7-10,15H,6,11-14,16H2,1-2H3,(H,23,26). The number of hydrogen-bond acceptors (Lipinski definition) is 5. The Kier molecular flexibility index (Phi) is 7.47. The van der Waals surface area contributed by atoms with E-state index in [1.807, 2.05) is 42.5 Å². The van der Waals surface area contributed by atoms with E-state index in [1.165, 1.54) is 7.11 Å². The summed E-state index contributed by atoms with van der Waals surface area (Å²) in [5.41, 5.74) is 2.05. The molecule has 1 heterocycles. The van der Waals surface area contributed by atoms with Crippen LogP contribution in [-0.4, -0.2) is 49.4 Å². The van der Waals surface area contributed by atoms with Gasteiger partial charge in [-0.3, -0.25) is 4.79 Å². The van der Waals surface area contributed by atoms with Gasteiger partial charge in [-0.15, -0.1) is 0 Å². The lowest BCUT2D eigenvalue weighted by Crippen LogP contribution is -2.28. The molecular weight excluding hydrogens is 370 g/mol. The van der Waals surface area contributed by atoms with Gasteiger partial charge in [-0.05, 0) is 30.7 Å². The van der Waals surface area contributed by atoms with Crippen LogP contribution in [0.1, 0.15) is 12.2 Å². The van der Waals surface area contributed by atoms with E-state index >= 15 is 0 Å². The number of imidazole rings is 1. The lowest BCUT2D eigenvalue weighted by Gasteiger charge is -2.12. The molecule has 1 amide bonds. The highest BCUT2D eigenvalue weighted by molar-refractivity contribution is 5.77. The number of carbonyl (C=O) groups excluding carboxylic acids is 1. The largest absolute Gasteiger partial charge is 0.497 e. The zero-order valence-corrected chi connectivity index (χ0v) is 16.9. The van der Waals surface area contributed by atoms with Crippen molar-refractivity contribution in [3.63, 3.8) is 0 Å². The van der Waals surface area contributed by atoms with Crippen LogP contribution in [0.2, 0.25) is 0 Å². The van der Waals surface area contributed by atoms with Crippen molar-refractivity contribution in [1.29, 1.82) is 0 Å². The molecule has 3 aromatic rings. The molecule has 0 bridgehead atoms. The highest BCUT2D eigenvalue weighted by atomic mass is 16.5. The summed E-state index contributed by atoms with van der Waals surface area (Å²) in [5.74, 6) is 2.43. The van der Waals surface area contributed by atoms with Gasteiger partial charge in [0.1, 0.15) is 30.5 Å². The van der Waals surface area contributed by atoms with Gasteiger partial charge in [0.05, 0.1) is 24.7 Å². The van der Waals surface area contributed by atoms with Crippen molar-refractivity contribution in [3.05, 3.63) is 54.4 Å². The molecule has 0 unspecified atom stereocenters. The first-order valence-corrected chi connectivity index (χ1v) is 9.68. The third kappa shape index (κ3) is 5.71. The van der Waals surface area contributed by atoms with Crippen molar-refractivity contribution in [2.45, 2.75) is 19.4 Å². The topological polar surface area (TPSA) is 74.6 Å². The molecule has 0 atom stereocenters. The SMILES string of the molecule is COCC(=O)NCCCc1nc2ccccc2n1CCOc1cccc(OC)c1. The molecule has 1 N–H and O–H groups in total. The molecule has 1 aromatic heterocycles. The van der Waals surface area contributed by atoms with E-state index in [0.717, 1.165) is 41.2 Å². The summed E-state index contributed by atoms with van der Waals surface area (Å²) >= 11 is 0. The van der Waals surface area contributed by atoms with E-state index in [0.29, 0.717) is 19.7 Å². The molecule has 0 saturated carbocycles. The van der Waals surface area contributed by atoms with Gasteiger partial charge >= 0.3 is 0 Å². The number of para-hydroxylation sites is 2. The molecule has 7 heteroatoms. The number of aryl methyl sites for hydroxylation is 1. The average molecular weight is 397 g/mol. The Labute approximate surface area is 170 Å². The number of aromatic nitrogens is 2. The van der Waals surface area contributed by atoms with Crippen LogP contribution >= 0.6 is 0 Å². The van der Waals surface area contributed by atoms with Crippen LogP contribution in [0, 0.1) is 0 Å². The summed E-state index contributed by atoms with van der Waals surface area (Å²) < 4.78 is 18.2. The third-order valence-electron chi connectivity index (χ3n) is 4.53. The van der Waals surface area contributed by atoms with Crippen LogP contribution in [0.3, 0.4) is 0 Å². The monoisotopic (exact) mass is 397 g/mol. The number of nitrogens with zero attached hydrogens (tertiary/aromatic N) is 2. The van der Waals surface area contributed by atoms with Crippen molar-refractivity contribution in [2.75, 3.05) is 34.0 Å². The molecule has 154 valence electrons. The average Bonchev–Trinajstić information content (AvgIpc) is 3.09. The minimum Gasteiger partial charge on any atom is -0.497 e. The van der Waals surface area contributed by atoms with E-state index in [2.05, 4.69) is 16.0 Å². The fourth-order valence-corrected chi connectivity index (χ4v) is 3.17. The highest BCUT2D eigenvalue weighted by Gasteiger charge is 2.11. The molecule has 0 spiro atoms. The van der Waals surface area contributed by atoms with Crippen molar-refractivity contribution in [2.24, 2.45) is 0 Å². The Balaban J connectivity index is 1.62. The van der Waals surface area contributed by atoms with Gasteiger partial charge in [-0.1, -0.05) is 18.2 Å². The highest BCUT2D eigenvalue weighted by Crippen LogP contribution is 2.20. The maximum atomic E-state index is 11.5. The smallest absolute Gasteiger partial charge is 0.245 e. The molecule has 2 aromatic carbocycles. The van der Waals surface area contributed by atoms with Gasteiger partial charge in [0.2, 0.25) is 5.91 Å². The lowest BCUT2D eigenvalue weighted by atomic mass is 10.3. The quantitative estimate of drug-likeness (QED) is 0.504. The second-order valence-corrected chi connectivity index (χ2v) is 6.58. The normalized spacial score (nSPS) is 10.8. The summed E-state index contributed by atoms with van der Waals surface area (Å²) in [6, 6.07) is 15.7. The first-order valence-electron chi connectivity index (χ1n) is 9.68. The van der Waals surface area contributed by atoms with E-state index in [-0.39, 0.29) is 12.5 Å². The van der Waals surface area contributed by atoms with Crippen molar-refractivity contribution < 1.29 is 19.0 Å². The van der Waals surface area contributed by atoms with Crippen molar-refractivity contribution >= 4 is 16.9 Å². The van der Waals surface area contributed by atoms with Crippen LogP contribution in [0.15, 0.2) is 48.5 Å². The Morgan fingerprint density at radius 2 is 1.93 bits per heavy atom. The number of fused-ring (bicyclic) bond motifs is 1. The Morgan fingerprint density at radius 1 is 1.10 bits per heavy atom. The first kappa shape index (κ1) is 20.7. The van der Waals surface area contributed by atoms with E-state index in [1.54, 1.807) is 7.11 Å². The number of hydrogen-bond donors (Lipinski definition) is 1. The van der Waals surface area contributed by atoms with Gasteiger partial charge in [-0.25, -0.2) is 4.98 Å². The summed E-state index contributed by atoms with van der Waals surface area (Å²) in [4.78, 5) is 16.3. The second kappa shape index (κ2) is 10.5. The van der Waals surface area contributed by atoms with Gasteiger partial charge in [0.15, 0.2) is 0 Å². The van der Waals surface area contributed by atoms with E-state index in [9.17, 15) is 4.79 Å². The molecular formula is C22H27N3O4. The minimum atomic E-state index is -0.104. The molecule has 3 rings (SSSR count). The Bertz CT molecular complexity index is 939. The van der Waals surface area contributed by atoms with Gasteiger partial charge in [-0.2, -0.15) is 0 Å². The third-order valence-corrected chi connectivity index (χ3v) is 4.53. The van der Waals surface area contributed by atoms with Crippen LogP contribution in [0.25, 0.3) is 11.0 Å². The summed E-state index contributed by atoms with van der Waals surface area (Å²) in [5, 5.41) is 2.85. The molecule has 7 nitrogen and oxygen atoms in total. The molecule has 29 heavy (non-hydrogen) atoms. The maximum absolute atomic E-state index is 11.5. The number of ether oxygens (including phenoxy) is 3. The number of carbonyl (C=O) groups is 1. The molecule has 0 radical (unpaired) electrons. The Morgan fingerprint density at radius 3 is 2.76 bits per heavy atom. The number of benzene rings is 2. The number of rotatable bonds is 11. The van der Waals surface area contributed by atoms with Crippen molar-refractivity contribution in [1.82, 2.24) is 14.9 Å². The number of methoxy groups -OCH3 is 2. The molecule has 0 saturated heterocycles. The molecule has 0 aliphatic heterocycles. The summed E-state index contributed by atoms with van der Waals surface area (Å²) in [7, 11) is 3.15. The number of nitrogens with one attached hydrogen (secondary N) is 1. The van der Waals surface area contributed by atoms with Crippen LogP contribution in [0.4, 0.5) is 0 Å². The molecule has 0 aliphatic rings. The van der Waals surface area contributed by atoms with Crippen LogP contribution in [0.5, 0.6) is 11.5 Å². The van der Waals surface area contributed by atoms with Crippen LogP contribution in [-0.2, 0) is 22.5 Å². The van der Waals surface area contributed by atoms with Crippen molar-refractivity contribution in [3.8, 4) is 11.5 Å². The van der Waals surface area contributed by atoms with E-state index < -0.39 is 0 Å². The number of amides is 1. The first-order chi connectivity index (χ1) is 14.2. The second-order valence-electron chi connectivity index (χ2n) is 6.58. The van der Waals surface area contributed by atoms with Crippen LogP contribution < -0.4 is 14.8 Å². The predicted octanol–water partition coefficient (Wildman–Crippen LogP) is 2.82. The zero-order valence-electron chi connectivity index (χ0n) is 16.9. The molecule has 0 fully saturated rings. The van der Waals surface area contributed by atoms with Gasteiger partial charge < -0.3 is 24.1 Å². The minimum absolute atomic E-state index is 0.0835. The Hall–Kier alpha value is -3.06. The fraction of sp³-hybridized carbons (Fsp3) is 0.364. The van der Waals surface area contributed by atoms with Gasteiger partial charge in [0.25, 0.3) is 0 Å². The van der Waals surface area contributed by atoms with Gasteiger partial charge in [0, 0.05) is 26.1 Å². The summed E-state index contributed by atoms with van der Waals surface area (Å²) in [6.07, 6.45) is 1.57. The predicted molar refractivity (Wildman–Crippen MR) is 111 cm³/mol. The summed E-state index contributed by atoms with van der Waals surface area (Å²) in [6.45, 7) is 1.88. The maximum Gasteiger partial charge on any atom is 0.245 e. The molecule has 0 aliphatic carbocycles. The fourth-order valence-electron chi connectivity index (χ4n) is 3.17. The zero-order chi connectivity index (χ0) is 20.5.